The summed E-state index contributed by atoms with van der Waals surface area (Å²) in [6, 6.07) is 17.3. The lowest BCUT2D eigenvalue weighted by atomic mass is 9.99. The molecule has 0 fully saturated rings. The Labute approximate surface area is 204 Å². The highest BCUT2D eigenvalue weighted by molar-refractivity contribution is 7.16. The van der Waals surface area contributed by atoms with E-state index < -0.39 is 0 Å². The average molecular weight is 478 g/mol. The fourth-order valence-corrected chi connectivity index (χ4v) is 4.93. The van der Waals surface area contributed by atoms with E-state index in [1.165, 1.54) is 24.0 Å². The minimum atomic E-state index is -0.254. The van der Waals surface area contributed by atoms with Gasteiger partial charge in [-0.15, -0.1) is 11.3 Å². The molecule has 0 aliphatic carbocycles. The largest absolute Gasteiger partial charge is 0.360 e. The first-order valence-corrected chi connectivity index (χ1v) is 11.9. The summed E-state index contributed by atoms with van der Waals surface area (Å²) in [5, 5.41) is 4.91. The molecule has 0 aliphatic heterocycles. The minimum absolute atomic E-state index is 0.113. The summed E-state index contributed by atoms with van der Waals surface area (Å²) < 4.78 is 1.76. The highest BCUT2D eigenvalue weighted by Gasteiger charge is 2.20. The first-order valence-electron chi connectivity index (χ1n) is 11.0. The van der Waals surface area contributed by atoms with E-state index in [0.717, 1.165) is 32.7 Å². The minimum Gasteiger partial charge on any atom is -0.360 e. The second-order valence-corrected chi connectivity index (χ2v) is 8.87. The van der Waals surface area contributed by atoms with E-state index in [-0.39, 0.29) is 11.6 Å². The molecule has 0 amide bonds. The Bertz CT molecular complexity index is 1710. The summed E-state index contributed by atoms with van der Waals surface area (Å²) in [6.07, 6.45) is 6.45. The van der Waals surface area contributed by atoms with Crippen LogP contribution in [-0.4, -0.2) is 29.5 Å². The van der Waals surface area contributed by atoms with Gasteiger partial charge < -0.3 is 5.32 Å². The number of aromatic nitrogens is 6. The number of rotatable bonds is 5. The molecular formula is C26H19N7OS. The van der Waals surface area contributed by atoms with Crippen molar-refractivity contribution in [3.05, 3.63) is 101 Å². The van der Waals surface area contributed by atoms with Gasteiger partial charge in [-0.2, -0.15) is 0 Å². The molecule has 6 rings (SSSR count). The lowest BCUT2D eigenvalue weighted by Gasteiger charge is -2.22. The maximum absolute atomic E-state index is 14.1. The Morgan fingerprint density at radius 1 is 0.943 bits per heavy atom. The molecule has 0 bridgehead atoms. The zero-order valence-electron chi connectivity index (χ0n) is 18.7. The molecule has 35 heavy (non-hydrogen) atoms. The van der Waals surface area contributed by atoms with Crippen LogP contribution in [0.25, 0.3) is 37.9 Å². The highest BCUT2D eigenvalue weighted by Crippen LogP contribution is 2.30. The topological polar surface area (TPSA) is 98.5 Å². The fourth-order valence-electron chi connectivity index (χ4n) is 4.30. The van der Waals surface area contributed by atoms with Crippen LogP contribution in [0.5, 0.6) is 0 Å². The van der Waals surface area contributed by atoms with Crippen LogP contribution in [0.1, 0.15) is 18.7 Å². The van der Waals surface area contributed by atoms with Gasteiger partial charge in [0.2, 0.25) is 0 Å². The van der Waals surface area contributed by atoms with E-state index >= 15 is 0 Å². The van der Waals surface area contributed by atoms with Gasteiger partial charge in [0.1, 0.15) is 23.0 Å². The lowest BCUT2D eigenvalue weighted by molar-refractivity contribution is 0.774. The van der Waals surface area contributed by atoms with Gasteiger partial charge in [-0.25, -0.2) is 24.9 Å². The highest BCUT2D eigenvalue weighted by atomic mass is 32.1. The van der Waals surface area contributed by atoms with Gasteiger partial charge in [0.15, 0.2) is 5.82 Å². The molecule has 0 radical (unpaired) electrons. The van der Waals surface area contributed by atoms with Crippen LogP contribution in [0.15, 0.2) is 90.0 Å². The monoisotopic (exact) mass is 477 g/mol. The van der Waals surface area contributed by atoms with Crippen molar-refractivity contribution in [2.45, 2.75) is 13.0 Å². The van der Waals surface area contributed by atoms with Gasteiger partial charge in [-0.05, 0) is 36.1 Å². The molecule has 6 aromatic rings. The molecular weight excluding hydrogens is 458 g/mol. The van der Waals surface area contributed by atoms with E-state index in [9.17, 15) is 4.79 Å². The van der Waals surface area contributed by atoms with Crippen LogP contribution < -0.4 is 10.9 Å². The molecule has 1 atom stereocenters. The second-order valence-electron chi connectivity index (χ2n) is 8.04. The van der Waals surface area contributed by atoms with Gasteiger partial charge >= 0.3 is 0 Å². The number of hydrogen-bond donors (Lipinski definition) is 1. The quantitative estimate of drug-likeness (QED) is 0.372. The molecule has 0 unspecified atom stereocenters. The van der Waals surface area contributed by atoms with Crippen LogP contribution in [0.2, 0.25) is 0 Å². The SMILES string of the molecule is C[C@H](Nc1ncnc2scnc12)c1cc2cccc(-c3cncnc3)c2c(=O)n1-c1ccccc1. The van der Waals surface area contributed by atoms with Crippen molar-refractivity contribution in [1.29, 1.82) is 0 Å². The summed E-state index contributed by atoms with van der Waals surface area (Å²) in [7, 11) is 0. The van der Waals surface area contributed by atoms with Crippen molar-refractivity contribution in [2.75, 3.05) is 5.32 Å². The Morgan fingerprint density at radius 3 is 2.60 bits per heavy atom. The average Bonchev–Trinajstić information content (AvgIpc) is 3.39. The predicted octanol–water partition coefficient (Wildman–Crippen LogP) is 5.02. The van der Waals surface area contributed by atoms with Crippen LogP contribution in [0, 0.1) is 0 Å². The number of para-hydroxylation sites is 1. The van der Waals surface area contributed by atoms with Gasteiger partial charge in [-0.3, -0.25) is 9.36 Å². The summed E-state index contributed by atoms with van der Waals surface area (Å²) in [5.74, 6) is 0.631. The molecule has 0 spiro atoms. The molecule has 2 aromatic carbocycles. The third-order valence-corrected chi connectivity index (χ3v) is 6.63. The first-order chi connectivity index (χ1) is 17.2. The fraction of sp³-hybridized carbons (Fsp3) is 0.0769. The molecule has 4 aromatic heterocycles. The van der Waals surface area contributed by atoms with Gasteiger partial charge in [-0.1, -0.05) is 36.4 Å². The van der Waals surface area contributed by atoms with Crippen molar-refractivity contribution in [1.82, 2.24) is 29.5 Å². The summed E-state index contributed by atoms with van der Waals surface area (Å²) in [5.41, 5.74) is 5.52. The molecule has 4 heterocycles. The van der Waals surface area contributed by atoms with Gasteiger partial charge in [0.05, 0.1) is 16.9 Å². The van der Waals surface area contributed by atoms with E-state index in [2.05, 4.69) is 30.2 Å². The Kier molecular flexibility index (Phi) is 5.23. The van der Waals surface area contributed by atoms with Crippen molar-refractivity contribution >= 4 is 38.3 Å². The van der Waals surface area contributed by atoms with E-state index in [1.807, 2.05) is 61.5 Å². The smallest absolute Gasteiger partial charge is 0.263 e. The van der Waals surface area contributed by atoms with Crippen molar-refractivity contribution in [2.24, 2.45) is 0 Å². The zero-order chi connectivity index (χ0) is 23.8. The number of benzene rings is 2. The number of fused-ring (bicyclic) bond motifs is 2. The summed E-state index contributed by atoms with van der Waals surface area (Å²) >= 11 is 1.46. The van der Waals surface area contributed by atoms with E-state index in [1.54, 1.807) is 22.5 Å². The van der Waals surface area contributed by atoms with Crippen LogP contribution in [0.4, 0.5) is 5.82 Å². The summed E-state index contributed by atoms with van der Waals surface area (Å²) in [6.45, 7) is 2.01. The normalized spacial score (nSPS) is 12.1. The molecule has 1 N–H and O–H groups in total. The maximum atomic E-state index is 14.1. The Hall–Kier alpha value is -4.50. The van der Waals surface area contributed by atoms with Crippen molar-refractivity contribution in [3.63, 3.8) is 0 Å². The number of nitrogens with one attached hydrogen (secondary N) is 1. The van der Waals surface area contributed by atoms with Crippen molar-refractivity contribution < 1.29 is 0 Å². The Morgan fingerprint density at radius 2 is 1.77 bits per heavy atom. The molecule has 0 saturated carbocycles. The van der Waals surface area contributed by atoms with E-state index in [0.29, 0.717) is 16.7 Å². The molecule has 0 saturated heterocycles. The number of nitrogens with zero attached hydrogens (tertiary/aromatic N) is 6. The second kappa shape index (κ2) is 8.69. The van der Waals surface area contributed by atoms with Crippen LogP contribution >= 0.6 is 11.3 Å². The third-order valence-electron chi connectivity index (χ3n) is 5.89. The number of anilines is 1. The Balaban J connectivity index is 1.58. The number of hydrogen-bond acceptors (Lipinski definition) is 8. The number of pyridine rings is 1. The summed E-state index contributed by atoms with van der Waals surface area (Å²) in [4.78, 5) is 36.3. The van der Waals surface area contributed by atoms with E-state index in [4.69, 9.17) is 0 Å². The first kappa shape index (κ1) is 21.1. The van der Waals surface area contributed by atoms with Crippen LogP contribution in [0.3, 0.4) is 0 Å². The molecule has 9 heteroatoms. The van der Waals surface area contributed by atoms with Gasteiger partial charge in [0, 0.05) is 29.3 Å². The maximum Gasteiger partial charge on any atom is 0.263 e. The molecule has 170 valence electrons. The van der Waals surface area contributed by atoms with Gasteiger partial charge in [0.25, 0.3) is 5.56 Å². The lowest BCUT2D eigenvalue weighted by Crippen LogP contribution is -2.26. The van der Waals surface area contributed by atoms with Crippen LogP contribution in [-0.2, 0) is 0 Å². The standard InChI is InChI=1S/C26H19N7OS/c1-16(32-24-23-25(30-14-29-24)35-15-31-23)21-10-17-6-5-9-20(18-11-27-13-28-12-18)22(17)26(34)33(21)19-7-3-2-4-8-19/h2-16H,1H3,(H,29,30,32)/t16-/m0/s1. The number of thiazole rings is 1. The molecule has 8 nitrogen and oxygen atoms in total. The molecule has 0 aliphatic rings. The van der Waals surface area contributed by atoms with Crippen molar-refractivity contribution in [3.8, 4) is 16.8 Å². The zero-order valence-corrected chi connectivity index (χ0v) is 19.5. The third kappa shape index (κ3) is 3.71. The predicted molar refractivity (Wildman–Crippen MR) is 138 cm³/mol.